The Balaban J connectivity index is 2.19. The van der Waals surface area contributed by atoms with Gasteiger partial charge in [-0.25, -0.2) is 0 Å². The summed E-state index contributed by atoms with van der Waals surface area (Å²) in [6.07, 6.45) is 5.03. The number of rotatable bonds is 6. The first kappa shape index (κ1) is 15.5. The van der Waals surface area contributed by atoms with Crippen LogP contribution in [0, 0.1) is 6.92 Å². The predicted molar refractivity (Wildman–Crippen MR) is 87.2 cm³/mol. The summed E-state index contributed by atoms with van der Waals surface area (Å²) in [4.78, 5) is 2.70. The van der Waals surface area contributed by atoms with Crippen molar-refractivity contribution in [3.63, 3.8) is 0 Å². The number of aryl methyl sites for hydroxylation is 1. The minimum absolute atomic E-state index is 0.257. The number of nitrogens with zero attached hydrogens (tertiary/aromatic N) is 1. The minimum Gasteiger partial charge on any atom is -0.315 e. The Morgan fingerprint density at radius 1 is 1.25 bits per heavy atom. The molecule has 1 aliphatic heterocycles. The van der Waals surface area contributed by atoms with E-state index in [0.29, 0.717) is 6.04 Å². The second-order valence-electron chi connectivity index (χ2n) is 6.38. The van der Waals surface area contributed by atoms with E-state index < -0.39 is 0 Å². The first-order valence-corrected chi connectivity index (χ1v) is 8.08. The molecule has 1 aromatic carbocycles. The monoisotopic (exact) mass is 274 g/mol. The lowest BCUT2D eigenvalue weighted by Crippen LogP contribution is -2.58. The molecule has 0 saturated carbocycles. The van der Waals surface area contributed by atoms with Crippen LogP contribution in [0.3, 0.4) is 0 Å². The van der Waals surface area contributed by atoms with Crippen LogP contribution in [0.25, 0.3) is 0 Å². The Hall–Kier alpha value is -0.860. The Bertz CT molecular complexity index is 423. The van der Waals surface area contributed by atoms with Crippen molar-refractivity contribution in [1.82, 2.24) is 10.2 Å². The van der Waals surface area contributed by atoms with Crippen molar-refractivity contribution in [2.75, 3.05) is 20.1 Å². The maximum atomic E-state index is 3.60. The van der Waals surface area contributed by atoms with E-state index in [4.69, 9.17) is 0 Å². The molecule has 0 spiro atoms. The van der Waals surface area contributed by atoms with E-state index in [1.807, 2.05) is 0 Å². The lowest BCUT2D eigenvalue weighted by molar-refractivity contribution is 0.0872. The van der Waals surface area contributed by atoms with Crippen LogP contribution in [0.5, 0.6) is 0 Å². The summed E-state index contributed by atoms with van der Waals surface area (Å²) < 4.78 is 0. The zero-order valence-electron chi connectivity index (χ0n) is 13.6. The number of likely N-dealkylation sites (tertiary alicyclic amines) is 1. The van der Waals surface area contributed by atoms with Crippen LogP contribution < -0.4 is 5.32 Å². The summed E-state index contributed by atoms with van der Waals surface area (Å²) in [5.74, 6) is 0. The van der Waals surface area contributed by atoms with Gasteiger partial charge in [-0.15, -0.1) is 0 Å². The quantitative estimate of drug-likeness (QED) is 0.855. The van der Waals surface area contributed by atoms with Gasteiger partial charge < -0.3 is 5.32 Å². The van der Waals surface area contributed by atoms with E-state index in [9.17, 15) is 0 Å². The van der Waals surface area contributed by atoms with Gasteiger partial charge in [-0.05, 0) is 70.8 Å². The van der Waals surface area contributed by atoms with E-state index in [0.717, 1.165) is 6.42 Å². The summed E-state index contributed by atoms with van der Waals surface area (Å²) in [7, 11) is 2.12. The van der Waals surface area contributed by atoms with Gasteiger partial charge in [-0.2, -0.15) is 0 Å². The third kappa shape index (κ3) is 3.07. The van der Waals surface area contributed by atoms with Crippen LogP contribution in [0.4, 0.5) is 0 Å². The topological polar surface area (TPSA) is 15.3 Å². The molecule has 1 heterocycles. The van der Waals surface area contributed by atoms with Gasteiger partial charge in [-0.1, -0.05) is 31.2 Å². The third-order valence-electron chi connectivity index (χ3n) is 5.33. The smallest absolute Gasteiger partial charge is 0.0334 e. The molecular weight excluding hydrogens is 244 g/mol. The molecule has 2 heteroatoms. The van der Waals surface area contributed by atoms with Crippen molar-refractivity contribution in [3.05, 3.63) is 35.4 Å². The molecule has 1 N–H and O–H groups in total. The maximum absolute atomic E-state index is 3.60. The maximum Gasteiger partial charge on any atom is 0.0334 e. The van der Waals surface area contributed by atoms with Crippen LogP contribution in [-0.2, 0) is 6.42 Å². The molecule has 2 atom stereocenters. The van der Waals surface area contributed by atoms with Gasteiger partial charge in [0, 0.05) is 11.6 Å². The molecule has 1 aliphatic rings. The SMILES string of the molecule is CCC(C)(C(Cc1ccccc1C)NC)N1CCCC1. The van der Waals surface area contributed by atoms with Gasteiger partial charge in [-0.3, -0.25) is 4.90 Å². The van der Waals surface area contributed by atoms with Gasteiger partial charge in [0.05, 0.1) is 0 Å². The molecular formula is C18H30N2. The molecule has 2 rings (SSSR count). The number of likely N-dealkylation sites (N-methyl/N-ethyl adjacent to an activating group) is 1. The second kappa shape index (κ2) is 6.73. The minimum atomic E-state index is 0.257. The average molecular weight is 274 g/mol. The Morgan fingerprint density at radius 2 is 1.90 bits per heavy atom. The molecule has 112 valence electrons. The van der Waals surface area contributed by atoms with Crippen molar-refractivity contribution in [3.8, 4) is 0 Å². The lowest BCUT2D eigenvalue weighted by atomic mass is 9.83. The van der Waals surface area contributed by atoms with Crippen molar-refractivity contribution >= 4 is 0 Å². The summed E-state index contributed by atoms with van der Waals surface area (Å²) in [6, 6.07) is 9.30. The Labute approximate surface area is 124 Å². The van der Waals surface area contributed by atoms with Crippen LogP contribution in [0.1, 0.15) is 44.2 Å². The Morgan fingerprint density at radius 3 is 2.45 bits per heavy atom. The van der Waals surface area contributed by atoms with Crippen molar-refractivity contribution in [2.24, 2.45) is 0 Å². The average Bonchev–Trinajstić information content (AvgIpc) is 3.00. The van der Waals surface area contributed by atoms with E-state index in [1.54, 1.807) is 0 Å². The highest BCUT2D eigenvalue weighted by Gasteiger charge is 2.38. The predicted octanol–water partition coefficient (Wildman–Crippen LogP) is 3.39. The molecule has 0 aliphatic carbocycles. The fraction of sp³-hybridized carbons (Fsp3) is 0.667. The van der Waals surface area contributed by atoms with Crippen molar-refractivity contribution in [1.29, 1.82) is 0 Å². The van der Waals surface area contributed by atoms with Gasteiger partial charge >= 0.3 is 0 Å². The standard InChI is InChI=1S/C18H30N2/c1-5-18(3,20-12-8-9-13-20)17(19-4)14-16-11-7-6-10-15(16)2/h6-7,10-11,17,19H,5,8-9,12-14H2,1-4H3. The van der Waals surface area contributed by atoms with Gasteiger partial charge in [0.25, 0.3) is 0 Å². The molecule has 2 unspecified atom stereocenters. The first-order valence-electron chi connectivity index (χ1n) is 8.08. The molecule has 1 aromatic rings. The lowest BCUT2D eigenvalue weighted by Gasteiger charge is -2.44. The van der Waals surface area contributed by atoms with Crippen LogP contribution in [-0.4, -0.2) is 36.6 Å². The molecule has 0 aromatic heterocycles. The summed E-state index contributed by atoms with van der Waals surface area (Å²) in [6.45, 7) is 9.52. The van der Waals surface area contributed by atoms with E-state index >= 15 is 0 Å². The molecule has 20 heavy (non-hydrogen) atoms. The van der Waals surface area contributed by atoms with Crippen LogP contribution >= 0.6 is 0 Å². The van der Waals surface area contributed by atoms with Crippen molar-refractivity contribution in [2.45, 2.75) is 58.0 Å². The molecule has 0 bridgehead atoms. The second-order valence-corrected chi connectivity index (χ2v) is 6.38. The zero-order chi connectivity index (χ0) is 14.6. The zero-order valence-corrected chi connectivity index (χ0v) is 13.6. The van der Waals surface area contributed by atoms with E-state index in [-0.39, 0.29) is 5.54 Å². The molecule has 0 radical (unpaired) electrons. The largest absolute Gasteiger partial charge is 0.315 e. The fourth-order valence-electron chi connectivity index (χ4n) is 3.61. The molecule has 1 saturated heterocycles. The highest BCUT2D eigenvalue weighted by atomic mass is 15.2. The fourth-order valence-corrected chi connectivity index (χ4v) is 3.61. The van der Waals surface area contributed by atoms with E-state index in [1.165, 1.54) is 43.5 Å². The van der Waals surface area contributed by atoms with Gasteiger partial charge in [0.1, 0.15) is 0 Å². The summed E-state index contributed by atoms with van der Waals surface area (Å²) in [5.41, 5.74) is 3.14. The number of benzene rings is 1. The van der Waals surface area contributed by atoms with Crippen LogP contribution in [0.2, 0.25) is 0 Å². The summed E-state index contributed by atoms with van der Waals surface area (Å²) in [5, 5.41) is 3.60. The number of nitrogens with one attached hydrogen (secondary N) is 1. The highest BCUT2D eigenvalue weighted by Crippen LogP contribution is 2.30. The Kier molecular flexibility index (Phi) is 5.22. The van der Waals surface area contributed by atoms with Crippen LogP contribution in [0.15, 0.2) is 24.3 Å². The molecule has 0 amide bonds. The highest BCUT2D eigenvalue weighted by molar-refractivity contribution is 5.27. The molecule has 1 fully saturated rings. The van der Waals surface area contributed by atoms with E-state index in [2.05, 4.69) is 62.3 Å². The van der Waals surface area contributed by atoms with Gasteiger partial charge in [0.2, 0.25) is 0 Å². The normalized spacial score (nSPS) is 20.8. The summed E-state index contributed by atoms with van der Waals surface area (Å²) >= 11 is 0. The third-order valence-corrected chi connectivity index (χ3v) is 5.33. The number of hydrogen-bond donors (Lipinski definition) is 1. The number of hydrogen-bond acceptors (Lipinski definition) is 2. The van der Waals surface area contributed by atoms with Crippen molar-refractivity contribution < 1.29 is 0 Å². The first-order chi connectivity index (χ1) is 9.61. The van der Waals surface area contributed by atoms with Gasteiger partial charge in [0.15, 0.2) is 0 Å². The molecule has 2 nitrogen and oxygen atoms in total.